The van der Waals surface area contributed by atoms with Gasteiger partial charge in [0, 0.05) is 18.6 Å². The van der Waals surface area contributed by atoms with Crippen molar-refractivity contribution in [1.82, 2.24) is 14.5 Å². The average Bonchev–Trinajstić information content (AvgIpc) is 3.04. The van der Waals surface area contributed by atoms with E-state index < -0.39 is 11.7 Å². The number of halogens is 1. The summed E-state index contributed by atoms with van der Waals surface area (Å²) in [6.07, 6.45) is 6.45. The van der Waals surface area contributed by atoms with Gasteiger partial charge in [0.25, 0.3) is 5.91 Å². The van der Waals surface area contributed by atoms with E-state index in [4.69, 9.17) is 0 Å². The Hall–Kier alpha value is -3.02. The van der Waals surface area contributed by atoms with E-state index in [0.717, 1.165) is 5.56 Å². The van der Waals surface area contributed by atoms with Gasteiger partial charge in [-0.05, 0) is 36.8 Å². The fraction of sp³-hybridized carbons (Fsp3) is 0.0625. The van der Waals surface area contributed by atoms with Gasteiger partial charge in [-0.3, -0.25) is 9.36 Å². The molecule has 0 saturated carbocycles. The minimum Gasteiger partial charge on any atom is -0.319 e. The summed E-state index contributed by atoms with van der Waals surface area (Å²) in [6, 6.07) is 7.97. The number of amides is 1. The highest BCUT2D eigenvalue weighted by Gasteiger charge is 2.10. The molecule has 0 aliphatic heterocycles. The van der Waals surface area contributed by atoms with E-state index in [2.05, 4.69) is 15.3 Å². The molecule has 1 N–H and O–H groups in total. The topological polar surface area (TPSA) is 59.8 Å². The van der Waals surface area contributed by atoms with Crippen LogP contribution in [0, 0.1) is 12.7 Å². The van der Waals surface area contributed by atoms with Crippen LogP contribution in [-0.4, -0.2) is 20.4 Å². The summed E-state index contributed by atoms with van der Waals surface area (Å²) >= 11 is 0. The first-order valence-corrected chi connectivity index (χ1v) is 6.65. The molecule has 0 aliphatic rings. The van der Waals surface area contributed by atoms with E-state index in [-0.39, 0.29) is 5.69 Å². The van der Waals surface area contributed by atoms with Crippen LogP contribution in [0.3, 0.4) is 0 Å². The predicted molar refractivity (Wildman–Crippen MR) is 80.4 cm³/mol. The lowest BCUT2D eigenvalue weighted by molar-refractivity contribution is 0.102. The van der Waals surface area contributed by atoms with Crippen LogP contribution in [0.2, 0.25) is 0 Å². The van der Waals surface area contributed by atoms with Gasteiger partial charge in [0.1, 0.15) is 18.0 Å². The highest BCUT2D eigenvalue weighted by Crippen LogP contribution is 2.16. The number of aryl methyl sites for hydroxylation is 1. The van der Waals surface area contributed by atoms with Gasteiger partial charge in [-0.25, -0.2) is 14.4 Å². The quantitative estimate of drug-likeness (QED) is 0.808. The molecule has 0 aliphatic carbocycles. The van der Waals surface area contributed by atoms with Crippen LogP contribution < -0.4 is 5.32 Å². The molecule has 0 unspecified atom stereocenters. The first kappa shape index (κ1) is 13.9. The lowest BCUT2D eigenvalue weighted by Gasteiger charge is -2.07. The molecule has 0 atom stereocenters. The van der Waals surface area contributed by atoms with Crippen molar-refractivity contribution in [2.75, 3.05) is 5.32 Å². The van der Waals surface area contributed by atoms with E-state index in [1.54, 1.807) is 48.4 Å². The molecule has 3 aromatic rings. The van der Waals surface area contributed by atoms with Gasteiger partial charge >= 0.3 is 0 Å². The molecule has 1 aromatic carbocycles. The number of hydrogen-bond acceptors (Lipinski definition) is 3. The molecule has 0 radical (unpaired) electrons. The molecule has 6 heteroatoms. The van der Waals surface area contributed by atoms with Crippen molar-refractivity contribution in [3.63, 3.8) is 0 Å². The number of nitrogens with zero attached hydrogens (tertiary/aromatic N) is 3. The zero-order chi connectivity index (χ0) is 15.5. The third kappa shape index (κ3) is 2.85. The second kappa shape index (κ2) is 5.77. The molecule has 0 saturated heterocycles. The van der Waals surface area contributed by atoms with E-state index in [1.165, 1.54) is 18.3 Å². The summed E-state index contributed by atoms with van der Waals surface area (Å²) < 4.78 is 15.5. The minimum absolute atomic E-state index is 0.147. The van der Waals surface area contributed by atoms with E-state index in [0.29, 0.717) is 11.4 Å². The molecule has 0 bridgehead atoms. The van der Waals surface area contributed by atoms with E-state index in [9.17, 15) is 9.18 Å². The van der Waals surface area contributed by atoms with Crippen molar-refractivity contribution in [3.8, 4) is 5.82 Å². The first-order chi connectivity index (χ1) is 10.6. The Labute approximate surface area is 126 Å². The summed E-state index contributed by atoms with van der Waals surface area (Å²) in [6.45, 7) is 1.79. The maximum Gasteiger partial charge on any atom is 0.257 e. The SMILES string of the molecule is Cc1ccc(NC(=O)c2ccc(-n3ccnc3)nc2)c(F)c1. The minimum atomic E-state index is -0.462. The van der Waals surface area contributed by atoms with Gasteiger partial charge < -0.3 is 5.32 Å². The third-order valence-corrected chi connectivity index (χ3v) is 3.15. The standard InChI is InChI=1S/C16H13FN4O/c1-11-2-4-14(13(17)8-11)20-16(22)12-3-5-15(19-9-12)21-7-6-18-10-21/h2-10H,1H3,(H,20,22). The number of nitrogens with one attached hydrogen (secondary N) is 1. The molecule has 110 valence electrons. The van der Waals surface area contributed by atoms with Crippen LogP contribution in [0.5, 0.6) is 0 Å². The van der Waals surface area contributed by atoms with Crippen LogP contribution in [0.25, 0.3) is 5.82 Å². The second-order valence-electron chi connectivity index (χ2n) is 4.81. The summed E-state index contributed by atoms with van der Waals surface area (Å²) in [4.78, 5) is 20.2. The van der Waals surface area contributed by atoms with Crippen molar-refractivity contribution in [1.29, 1.82) is 0 Å². The number of carbonyl (C=O) groups excluding carboxylic acids is 1. The Morgan fingerprint density at radius 2 is 2.14 bits per heavy atom. The Morgan fingerprint density at radius 1 is 1.27 bits per heavy atom. The summed E-state index contributed by atoms with van der Waals surface area (Å²) in [5.41, 5.74) is 1.29. The first-order valence-electron chi connectivity index (χ1n) is 6.65. The molecule has 2 aromatic heterocycles. The number of pyridine rings is 1. The number of anilines is 1. The van der Waals surface area contributed by atoms with Crippen molar-refractivity contribution in [2.45, 2.75) is 6.92 Å². The molecule has 22 heavy (non-hydrogen) atoms. The highest BCUT2D eigenvalue weighted by atomic mass is 19.1. The third-order valence-electron chi connectivity index (χ3n) is 3.15. The van der Waals surface area contributed by atoms with Gasteiger partial charge in [-0.15, -0.1) is 0 Å². The van der Waals surface area contributed by atoms with Crippen molar-refractivity contribution in [3.05, 3.63) is 72.2 Å². The number of imidazole rings is 1. The number of carbonyl (C=O) groups is 1. The van der Waals surface area contributed by atoms with Crippen LogP contribution in [-0.2, 0) is 0 Å². The van der Waals surface area contributed by atoms with E-state index >= 15 is 0 Å². The maximum atomic E-state index is 13.7. The van der Waals surface area contributed by atoms with Gasteiger partial charge in [0.05, 0.1) is 11.3 Å². The van der Waals surface area contributed by atoms with Crippen LogP contribution >= 0.6 is 0 Å². The fourth-order valence-electron chi connectivity index (χ4n) is 1.98. The number of hydrogen-bond donors (Lipinski definition) is 1. The zero-order valence-corrected chi connectivity index (χ0v) is 11.8. The normalized spacial score (nSPS) is 10.5. The van der Waals surface area contributed by atoms with E-state index in [1.807, 2.05) is 0 Å². The lowest BCUT2D eigenvalue weighted by atomic mass is 10.2. The molecule has 2 heterocycles. The van der Waals surface area contributed by atoms with Gasteiger partial charge in [-0.1, -0.05) is 6.07 Å². The van der Waals surface area contributed by atoms with Gasteiger partial charge in [0.2, 0.25) is 0 Å². The Kier molecular flexibility index (Phi) is 3.65. The van der Waals surface area contributed by atoms with Crippen LogP contribution in [0.4, 0.5) is 10.1 Å². The summed E-state index contributed by atoms with van der Waals surface area (Å²) in [5, 5.41) is 2.53. The number of aromatic nitrogens is 3. The van der Waals surface area contributed by atoms with Crippen molar-refractivity contribution in [2.24, 2.45) is 0 Å². The fourth-order valence-corrected chi connectivity index (χ4v) is 1.98. The molecule has 0 fully saturated rings. The van der Waals surface area contributed by atoms with Crippen LogP contribution in [0.1, 0.15) is 15.9 Å². The lowest BCUT2D eigenvalue weighted by Crippen LogP contribution is -2.13. The van der Waals surface area contributed by atoms with Gasteiger partial charge in [0.15, 0.2) is 0 Å². The molecule has 5 nitrogen and oxygen atoms in total. The second-order valence-corrected chi connectivity index (χ2v) is 4.81. The van der Waals surface area contributed by atoms with Crippen LogP contribution in [0.15, 0.2) is 55.2 Å². The smallest absolute Gasteiger partial charge is 0.257 e. The molecular formula is C16H13FN4O. The number of benzene rings is 1. The average molecular weight is 296 g/mol. The number of rotatable bonds is 3. The molecule has 1 amide bonds. The van der Waals surface area contributed by atoms with Gasteiger partial charge in [-0.2, -0.15) is 0 Å². The Morgan fingerprint density at radius 3 is 2.77 bits per heavy atom. The monoisotopic (exact) mass is 296 g/mol. The maximum absolute atomic E-state index is 13.7. The highest BCUT2D eigenvalue weighted by molar-refractivity contribution is 6.04. The van der Waals surface area contributed by atoms with Crippen molar-refractivity contribution >= 4 is 11.6 Å². The van der Waals surface area contributed by atoms with Crippen molar-refractivity contribution < 1.29 is 9.18 Å². The molecule has 3 rings (SSSR count). The zero-order valence-electron chi connectivity index (χ0n) is 11.8. The Bertz CT molecular complexity index is 798. The molecule has 0 spiro atoms. The largest absolute Gasteiger partial charge is 0.319 e. The summed E-state index contributed by atoms with van der Waals surface area (Å²) in [7, 11) is 0. The predicted octanol–water partition coefficient (Wildman–Crippen LogP) is 2.97. The Balaban J connectivity index is 1.77. The molecular weight excluding hydrogens is 283 g/mol. The summed E-state index contributed by atoms with van der Waals surface area (Å²) in [5.74, 6) is -0.223.